The van der Waals surface area contributed by atoms with E-state index in [0.717, 1.165) is 27.7 Å². The molecule has 1 aromatic heterocycles. The van der Waals surface area contributed by atoms with Crippen LogP contribution in [-0.4, -0.2) is 26.6 Å². The summed E-state index contributed by atoms with van der Waals surface area (Å²) in [5.41, 5.74) is 6.11. The Morgan fingerprint density at radius 3 is 2.70 bits per heavy atom. The van der Waals surface area contributed by atoms with Gasteiger partial charge in [0, 0.05) is 6.42 Å². The Balaban J connectivity index is 1.39. The summed E-state index contributed by atoms with van der Waals surface area (Å²) in [6.07, 6.45) is 0.280. The third-order valence-electron chi connectivity index (χ3n) is 4.49. The van der Waals surface area contributed by atoms with Gasteiger partial charge in [-0.15, -0.1) is 5.10 Å². The highest BCUT2D eigenvalue weighted by Gasteiger charge is 2.07. The summed E-state index contributed by atoms with van der Waals surface area (Å²) in [5, 5.41) is 14.7. The van der Waals surface area contributed by atoms with Crippen LogP contribution in [0.25, 0.3) is 21.8 Å². The molecule has 27 heavy (non-hydrogen) atoms. The van der Waals surface area contributed by atoms with Gasteiger partial charge in [-0.25, -0.2) is 10.1 Å². The zero-order valence-corrected chi connectivity index (χ0v) is 15.0. The van der Waals surface area contributed by atoms with Crippen LogP contribution in [0.5, 0.6) is 0 Å². The molecule has 0 fully saturated rings. The van der Waals surface area contributed by atoms with Crippen molar-refractivity contribution in [3.63, 3.8) is 0 Å². The summed E-state index contributed by atoms with van der Waals surface area (Å²) in [4.78, 5) is 12.1. The first kappa shape index (κ1) is 16.9. The number of amides is 1. The minimum absolute atomic E-state index is 0.158. The predicted molar refractivity (Wildman–Crippen MR) is 106 cm³/mol. The minimum atomic E-state index is -0.158. The smallest absolute Gasteiger partial charge is 0.241 e. The van der Waals surface area contributed by atoms with Crippen molar-refractivity contribution in [1.82, 2.24) is 20.4 Å². The van der Waals surface area contributed by atoms with E-state index in [0.29, 0.717) is 6.54 Å². The molecule has 134 valence electrons. The maximum absolute atomic E-state index is 12.1. The number of hydrogen-bond donors (Lipinski definition) is 1. The highest BCUT2D eigenvalue weighted by atomic mass is 16.2. The van der Waals surface area contributed by atoms with E-state index in [2.05, 4.69) is 45.1 Å². The van der Waals surface area contributed by atoms with E-state index >= 15 is 0 Å². The molecule has 0 saturated heterocycles. The summed E-state index contributed by atoms with van der Waals surface area (Å²) in [5.74, 6) is -0.158. The lowest BCUT2D eigenvalue weighted by atomic mass is 10.0. The topological polar surface area (TPSA) is 72.2 Å². The summed E-state index contributed by atoms with van der Waals surface area (Å²) >= 11 is 0. The average molecular weight is 357 g/mol. The molecule has 1 amide bonds. The Kier molecular flexibility index (Phi) is 4.61. The highest BCUT2D eigenvalue weighted by Crippen LogP contribution is 2.16. The molecule has 0 radical (unpaired) electrons. The van der Waals surface area contributed by atoms with Crippen LogP contribution in [0.15, 0.2) is 71.8 Å². The van der Waals surface area contributed by atoms with Gasteiger partial charge in [0.05, 0.1) is 17.8 Å². The van der Waals surface area contributed by atoms with Gasteiger partial charge in [-0.3, -0.25) is 4.79 Å². The number of fused-ring (bicyclic) bond motifs is 2. The fourth-order valence-corrected chi connectivity index (χ4v) is 2.97. The van der Waals surface area contributed by atoms with Gasteiger partial charge >= 0.3 is 0 Å². The molecule has 0 atom stereocenters. The molecule has 1 heterocycles. The van der Waals surface area contributed by atoms with Crippen molar-refractivity contribution < 1.29 is 4.79 Å². The van der Waals surface area contributed by atoms with Gasteiger partial charge < -0.3 is 0 Å². The minimum Gasteiger partial charge on any atom is -0.273 e. The summed E-state index contributed by atoms with van der Waals surface area (Å²) < 4.78 is 1.73. The van der Waals surface area contributed by atoms with Crippen LogP contribution in [0, 0.1) is 0 Å². The number of benzene rings is 3. The third-order valence-corrected chi connectivity index (χ3v) is 4.49. The molecule has 0 unspecified atom stereocenters. The molecule has 0 bridgehead atoms. The largest absolute Gasteiger partial charge is 0.273 e. The van der Waals surface area contributed by atoms with Gasteiger partial charge in [-0.05, 0) is 41.5 Å². The monoisotopic (exact) mass is 357 g/mol. The Bertz CT molecular complexity index is 1150. The number of hydrogen-bond acceptors (Lipinski definition) is 4. The lowest BCUT2D eigenvalue weighted by molar-refractivity contribution is -0.121. The molecular weight excluding hydrogens is 338 g/mol. The Morgan fingerprint density at radius 1 is 1.04 bits per heavy atom. The lowest BCUT2D eigenvalue weighted by Crippen LogP contribution is -2.21. The van der Waals surface area contributed by atoms with Crippen molar-refractivity contribution in [3.05, 3.63) is 72.3 Å². The molecule has 1 N–H and O–H groups in total. The second kappa shape index (κ2) is 7.37. The van der Waals surface area contributed by atoms with Crippen LogP contribution in [-0.2, 0) is 11.3 Å². The number of aryl methyl sites for hydroxylation is 1. The number of carbonyl (C=O) groups excluding carboxylic acids is 1. The number of aromatic nitrogens is 3. The standard InChI is InChI=1S/C21H19N5O/c1-15(17-11-10-16-6-2-3-7-18(16)14-17)22-24-21(27)12-13-26-20-9-5-4-8-19(20)23-25-26/h2-11,14H,12-13H2,1H3,(H,24,27). The van der Waals surface area contributed by atoms with Crippen molar-refractivity contribution in [3.8, 4) is 0 Å². The van der Waals surface area contributed by atoms with E-state index in [1.165, 1.54) is 5.39 Å². The van der Waals surface area contributed by atoms with Gasteiger partial charge in [0.25, 0.3) is 0 Å². The number of rotatable bonds is 5. The van der Waals surface area contributed by atoms with E-state index in [1.807, 2.05) is 49.4 Å². The Labute approximate surface area is 156 Å². The maximum atomic E-state index is 12.1. The molecular formula is C21H19N5O. The van der Waals surface area contributed by atoms with E-state index in [-0.39, 0.29) is 12.3 Å². The predicted octanol–water partition coefficient (Wildman–Crippen LogP) is 3.52. The average Bonchev–Trinajstić information content (AvgIpc) is 3.13. The number of para-hydroxylation sites is 1. The number of hydrazone groups is 1. The van der Waals surface area contributed by atoms with Crippen LogP contribution < -0.4 is 5.43 Å². The highest BCUT2D eigenvalue weighted by molar-refractivity contribution is 6.02. The normalized spacial score (nSPS) is 11.8. The molecule has 0 aliphatic rings. The molecule has 6 heteroatoms. The van der Waals surface area contributed by atoms with Crippen molar-refractivity contribution in [2.24, 2.45) is 5.10 Å². The molecule has 0 spiro atoms. The fraction of sp³-hybridized carbons (Fsp3) is 0.143. The Morgan fingerprint density at radius 2 is 1.81 bits per heavy atom. The van der Waals surface area contributed by atoms with Gasteiger partial charge in [0.1, 0.15) is 5.52 Å². The van der Waals surface area contributed by atoms with Gasteiger partial charge in [0.2, 0.25) is 5.91 Å². The van der Waals surface area contributed by atoms with E-state index in [4.69, 9.17) is 0 Å². The fourth-order valence-electron chi connectivity index (χ4n) is 2.97. The van der Waals surface area contributed by atoms with Crippen LogP contribution in [0.2, 0.25) is 0 Å². The molecule has 6 nitrogen and oxygen atoms in total. The number of nitrogens with zero attached hydrogens (tertiary/aromatic N) is 4. The molecule has 0 saturated carbocycles. The number of nitrogens with one attached hydrogen (secondary N) is 1. The zero-order valence-electron chi connectivity index (χ0n) is 15.0. The van der Waals surface area contributed by atoms with Crippen LogP contribution in [0.1, 0.15) is 18.9 Å². The second-order valence-electron chi connectivity index (χ2n) is 6.35. The van der Waals surface area contributed by atoms with E-state index in [9.17, 15) is 4.79 Å². The van der Waals surface area contributed by atoms with Crippen molar-refractivity contribution in [1.29, 1.82) is 0 Å². The lowest BCUT2D eigenvalue weighted by Gasteiger charge is -2.05. The second-order valence-corrected chi connectivity index (χ2v) is 6.35. The van der Waals surface area contributed by atoms with Gasteiger partial charge in [0.15, 0.2) is 0 Å². The van der Waals surface area contributed by atoms with Gasteiger partial charge in [-0.2, -0.15) is 5.10 Å². The van der Waals surface area contributed by atoms with Crippen LogP contribution >= 0.6 is 0 Å². The molecule has 0 aliphatic heterocycles. The molecule has 4 rings (SSSR count). The maximum Gasteiger partial charge on any atom is 0.241 e. The van der Waals surface area contributed by atoms with Gasteiger partial charge in [-0.1, -0.05) is 53.7 Å². The van der Waals surface area contributed by atoms with Crippen molar-refractivity contribution >= 4 is 33.4 Å². The molecule has 3 aromatic carbocycles. The van der Waals surface area contributed by atoms with Crippen LogP contribution in [0.4, 0.5) is 0 Å². The van der Waals surface area contributed by atoms with Crippen molar-refractivity contribution in [2.75, 3.05) is 0 Å². The summed E-state index contributed by atoms with van der Waals surface area (Å²) in [6.45, 7) is 2.34. The summed E-state index contributed by atoms with van der Waals surface area (Å²) in [7, 11) is 0. The molecule has 0 aliphatic carbocycles. The van der Waals surface area contributed by atoms with Crippen molar-refractivity contribution in [2.45, 2.75) is 19.9 Å². The zero-order chi connectivity index (χ0) is 18.6. The van der Waals surface area contributed by atoms with E-state index in [1.54, 1.807) is 4.68 Å². The first-order valence-electron chi connectivity index (χ1n) is 8.81. The van der Waals surface area contributed by atoms with E-state index < -0.39 is 0 Å². The first-order valence-corrected chi connectivity index (χ1v) is 8.81. The summed E-state index contributed by atoms with van der Waals surface area (Å²) in [6, 6.07) is 22.0. The van der Waals surface area contributed by atoms with Crippen LogP contribution in [0.3, 0.4) is 0 Å². The quantitative estimate of drug-likeness (QED) is 0.439. The third kappa shape index (κ3) is 3.69. The first-order chi connectivity index (χ1) is 13.2. The SMILES string of the molecule is CC(=NNC(=O)CCn1nnc2ccccc21)c1ccc2ccccc2c1. The number of carbonyl (C=O) groups is 1. The Hall–Kier alpha value is -3.54. The molecule has 4 aromatic rings.